The molecule has 6 heteroatoms. The van der Waals surface area contributed by atoms with Gasteiger partial charge in [-0.1, -0.05) is 18.2 Å². The van der Waals surface area contributed by atoms with Gasteiger partial charge in [-0.25, -0.2) is 9.78 Å². The van der Waals surface area contributed by atoms with Crippen LogP contribution in [0.1, 0.15) is 9.67 Å². The fourth-order valence-electron chi connectivity index (χ4n) is 2.53. The fraction of sp³-hybridized carbons (Fsp3) is 0.0526. The summed E-state index contributed by atoms with van der Waals surface area (Å²) in [5.74, 6) is 1.18. The summed E-state index contributed by atoms with van der Waals surface area (Å²) in [6, 6.07) is 16.7. The molecule has 0 atom stereocenters. The van der Waals surface area contributed by atoms with Crippen LogP contribution in [-0.4, -0.2) is 23.0 Å². The van der Waals surface area contributed by atoms with Gasteiger partial charge in [0.15, 0.2) is 11.5 Å². The van der Waals surface area contributed by atoms with Gasteiger partial charge in [0.25, 0.3) is 0 Å². The number of aromatic amines is 1. The van der Waals surface area contributed by atoms with E-state index in [1.165, 1.54) is 11.3 Å². The number of para-hydroxylation sites is 2. The third kappa shape index (κ3) is 2.99. The predicted octanol–water partition coefficient (Wildman–Crippen LogP) is 4.52. The number of nitrogens with one attached hydrogen (secondary N) is 1. The van der Waals surface area contributed by atoms with Crippen molar-refractivity contribution in [3.8, 4) is 22.9 Å². The van der Waals surface area contributed by atoms with E-state index in [1.807, 2.05) is 41.8 Å². The molecule has 25 heavy (non-hydrogen) atoms. The van der Waals surface area contributed by atoms with Gasteiger partial charge in [-0.05, 0) is 41.8 Å². The number of aromatic nitrogens is 2. The number of hydrogen-bond acceptors (Lipinski definition) is 5. The molecule has 0 bridgehead atoms. The highest BCUT2D eigenvalue weighted by Crippen LogP contribution is 2.33. The average Bonchev–Trinajstić information content (AvgIpc) is 3.31. The molecule has 124 valence electrons. The van der Waals surface area contributed by atoms with Gasteiger partial charge in [0.05, 0.1) is 18.1 Å². The molecular weight excluding hydrogens is 336 g/mol. The number of thiophene rings is 1. The highest BCUT2D eigenvalue weighted by Gasteiger charge is 2.15. The Kier molecular flexibility index (Phi) is 3.95. The van der Waals surface area contributed by atoms with Crippen molar-refractivity contribution >= 4 is 28.3 Å². The number of fused-ring (bicyclic) bond motifs is 1. The predicted molar refractivity (Wildman–Crippen MR) is 97.4 cm³/mol. The number of carbonyl (C=O) groups excluding carboxylic acids is 1. The highest BCUT2D eigenvalue weighted by atomic mass is 32.1. The Morgan fingerprint density at radius 2 is 1.96 bits per heavy atom. The quantitative estimate of drug-likeness (QED) is 0.434. The molecule has 5 nitrogen and oxygen atoms in total. The Labute approximate surface area is 147 Å². The SMILES string of the molecule is COc1cc(-c2nc3ccccc3[nH]2)ccc1OC(=O)c1cccs1. The van der Waals surface area contributed by atoms with E-state index in [2.05, 4.69) is 9.97 Å². The second kappa shape index (κ2) is 6.41. The minimum Gasteiger partial charge on any atom is -0.493 e. The van der Waals surface area contributed by atoms with Crippen molar-refractivity contribution < 1.29 is 14.3 Å². The topological polar surface area (TPSA) is 64.2 Å². The van der Waals surface area contributed by atoms with Gasteiger partial charge in [0.2, 0.25) is 0 Å². The molecule has 2 aromatic heterocycles. The van der Waals surface area contributed by atoms with Crippen LogP contribution in [0.4, 0.5) is 0 Å². The average molecular weight is 350 g/mol. The molecule has 0 fully saturated rings. The van der Waals surface area contributed by atoms with E-state index in [9.17, 15) is 4.79 Å². The minimum absolute atomic E-state index is 0.376. The van der Waals surface area contributed by atoms with Gasteiger partial charge >= 0.3 is 5.97 Å². The first-order chi connectivity index (χ1) is 12.2. The second-order valence-electron chi connectivity index (χ2n) is 5.34. The first-order valence-electron chi connectivity index (χ1n) is 7.63. The van der Waals surface area contributed by atoms with Crippen molar-refractivity contribution in [1.82, 2.24) is 9.97 Å². The zero-order valence-corrected chi connectivity index (χ0v) is 14.2. The Bertz CT molecular complexity index is 1000. The monoisotopic (exact) mass is 350 g/mol. The van der Waals surface area contributed by atoms with Crippen LogP contribution in [0.15, 0.2) is 60.0 Å². The molecule has 4 rings (SSSR count). The van der Waals surface area contributed by atoms with Crippen LogP contribution in [0.2, 0.25) is 0 Å². The highest BCUT2D eigenvalue weighted by molar-refractivity contribution is 7.12. The summed E-state index contributed by atoms with van der Waals surface area (Å²) in [6.07, 6.45) is 0. The number of esters is 1. The molecular formula is C19H14N2O3S. The van der Waals surface area contributed by atoms with Crippen LogP contribution >= 0.6 is 11.3 Å². The normalized spacial score (nSPS) is 10.8. The number of benzene rings is 2. The molecule has 0 spiro atoms. The molecule has 0 aliphatic rings. The van der Waals surface area contributed by atoms with Crippen LogP contribution in [0.5, 0.6) is 11.5 Å². The Morgan fingerprint density at radius 3 is 2.72 bits per heavy atom. The maximum Gasteiger partial charge on any atom is 0.353 e. The first kappa shape index (κ1) is 15.4. The number of methoxy groups -OCH3 is 1. The molecule has 1 N–H and O–H groups in total. The lowest BCUT2D eigenvalue weighted by atomic mass is 10.2. The molecule has 0 amide bonds. The molecule has 4 aromatic rings. The van der Waals surface area contributed by atoms with Crippen LogP contribution in [0.25, 0.3) is 22.4 Å². The molecule has 0 aliphatic heterocycles. The van der Waals surface area contributed by atoms with Crippen LogP contribution < -0.4 is 9.47 Å². The zero-order valence-electron chi connectivity index (χ0n) is 13.4. The van der Waals surface area contributed by atoms with E-state index < -0.39 is 5.97 Å². The van der Waals surface area contributed by atoms with Gasteiger partial charge in [-0.15, -0.1) is 11.3 Å². The summed E-state index contributed by atoms with van der Waals surface area (Å²) in [6.45, 7) is 0. The summed E-state index contributed by atoms with van der Waals surface area (Å²) in [4.78, 5) is 20.5. The van der Waals surface area contributed by atoms with E-state index in [0.717, 1.165) is 22.4 Å². The number of H-pyrrole nitrogens is 1. The number of ether oxygens (including phenoxy) is 2. The second-order valence-corrected chi connectivity index (χ2v) is 6.28. The van der Waals surface area contributed by atoms with Crippen molar-refractivity contribution in [2.45, 2.75) is 0 Å². The van der Waals surface area contributed by atoms with Gasteiger partial charge in [-0.2, -0.15) is 0 Å². The molecule has 2 aromatic carbocycles. The number of rotatable bonds is 4. The molecule has 2 heterocycles. The van der Waals surface area contributed by atoms with Crippen molar-refractivity contribution in [2.24, 2.45) is 0 Å². The van der Waals surface area contributed by atoms with Crippen molar-refractivity contribution in [3.63, 3.8) is 0 Å². The lowest BCUT2D eigenvalue weighted by Gasteiger charge is -2.09. The van der Waals surface area contributed by atoms with Crippen LogP contribution in [-0.2, 0) is 0 Å². The standard InChI is InChI=1S/C19H14N2O3S/c1-23-16-11-12(18-20-13-5-2-3-6-14(13)21-18)8-9-15(16)24-19(22)17-7-4-10-25-17/h2-11H,1H3,(H,20,21). The van der Waals surface area contributed by atoms with Crippen molar-refractivity contribution in [1.29, 1.82) is 0 Å². The Balaban J connectivity index is 1.66. The minimum atomic E-state index is -0.398. The Hall–Kier alpha value is -3.12. The number of nitrogens with zero attached hydrogens (tertiary/aromatic N) is 1. The largest absolute Gasteiger partial charge is 0.493 e. The molecule has 0 aliphatic carbocycles. The van der Waals surface area contributed by atoms with Gasteiger partial charge < -0.3 is 14.5 Å². The van der Waals surface area contributed by atoms with Gasteiger partial charge in [0, 0.05) is 5.56 Å². The molecule has 0 saturated carbocycles. The summed E-state index contributed by atoms with van der Waals surface area (Å²) in [5.41, 5.74) is 2.71. The number of hydrogen-bond donors (Lipinski definition) is 1. The maximum atomic E-state index is 12.1. The van der Waals surface area contributed by atoms with Crippen molar-refractivity contribution in [3.05, 3.63) is 64.9 Å². The third-order valence-corrected chi connectivity index (χ3v) is 4.60. The summed E-state index contributed by atoms with van der Waals surface area (Å²) >= 11 is 1.34. The van der Waals surface area contributed by atoms with Crippen molar-refractivity contribution in [2.75, 3.05) is 7.11 Å². The van der Waals surface area contributed by atoms with Gasteiger partial charge in [-0.3, -0.25) is 0 Å². The summed E-state index contributed by atoms with van der Waals surface area (Å²) < 4.78 is 10.8. The lowest BCUT2D eigenvalue weighted by molar-refractivity contribution is 0.0735. The van der Waals surface area contributed by atoms with E-state index in [1.54, 1.807) is 25.3 Å². The van der Waals surface area contributed by atoms with Crippen LogP contribution in [0, 0.1) is 0 Å². The summed E-state index contributed by atoms with van der Waals surface area (Å²) in [5, 5.41) is 1.83. The van der Waals surface area contributed by atoms with Gasteiger partial charge in [0.1, 0.15) is 10.7 Å². The van der Waals surface area contributed by atoms with E-state index in [-0.39, 0.29) is 0 Å². The molecule has 0 unspecified atom stereocenters. The molecule has 0 saturated heterocycles. The van der Waals surface area contributed by atoms with E-state index in [0.29, 0.717) is 16.4 Å². The zero-order chi connectivity index (χ0) is 17.2. The molecule has 0 radical (unpaired) electrons. The van der Waals surface area contributed by atoms with E-state index >= 15 is 0 Å². The lowest BCUT2D eigenvalue weighted by Crippen LogP contribution is -2.07. The number of carbonyl (C=O) groups is 1. The maximum absolute atomic E-state index is 12.1. The van der Waals surface area contributed by atoms with Crippen LogP contribution in [0.3, 0.4) is 0 Å². The third-order valence-electron chi connectivity index (χ3n) is 3.75. The smallest absolute Gasteiger partial charge is 0.353 e. The fourth-order valence-corrected chi connectivity index (χ4v) is 3.13. The summed E-state index contributed by atoms with van der Waals surface area (Å²) in [7, 11) is 1.54. The first-order valence-corrected chi connectivity index (χ1v) is 8.51. The number of imidazole rings is 1. The van der Waals surface area contributed by atoms with E-state index in [4.69, 9.17) is 9.47 Å². The Morgan fingerprint density at radius 1 is 1.08 bits per heavy atom.